The van der Waals surface area contributed by atoms with Crippen molar-refractivity contribution in [2.45, 2.75) is 48.8 Å². The summed E-state index contributed by atoms with van der Waals surface area (Å²) in [4.78, 5) is 109. The molecule has 0 aromatic heterocycles. The lowest BCUT2D eigenvalue weighted by Crippen LogP contribution is -2.50. The Balaban J connectivity index is 1.35. The number of carbonyl (C=O) groups is 8. The average molecular weight is 899 g/mol. The lowest BCUT2D eigenvalue weighted by Gasteiger charge is -2.37. The minimum Gasteiger partial charge on any atom is -0.478 e. The third kappa shape index (κ3) is 6.77. The number of hydrogen-bond donors (Lipinski definition) is 4. The molecule has 4 N–H and O–H groups in total. The Morgan fingerprint density at radius 2 is 0.609 bits per heavy atom. The first-order valence-electron chi connectivity index (χ1n) is 20.0. The van der Waals surface area contributed by atoms with Gasteiger partial charge in [-0.1, -0.05) is 91.0 Å². The maximum absolute atomic E-state index is 14.2. The summed E-state index contributed by atoms with van der Waals surface area (Å²) in [6.07, 6.45) is -0.754. The molecule has 0 radical (unpaired) electrons. The molecule has 4 amide bonds. The van der Waals surface area contributed by atoms with Gasteiger partial charge < -0.3 is 20.4 Å². The third-order valence-corrected chi connectivity index (χ3v) is 17.7. The molecule has 18 heteroatoms. The number of aromatic carboxylic acids is 4. The molecule has 322 valence electrons. The number of carbonyl (C=O) groups excluding carboxylic acids is 4. The minimum absolute atomic E-state index is 0.147. The number of benzene rings is 5. The second-order valence-corrected chi connectivity index (χ2v) is 20.0. The molecule has 5 aromatic rings. The van der Waals surface area contributed by atoms with E-state index in [-0.39, 0.29) is 70.2 Å². The molecule has 4 atom stereocenters. The molecule has 4 heterocycles. The van der Waals surface area contributed by atoms with Crippen LogP contribution in [0.3, 0.4) is 0 Å². The van der Waals surface area contributed by atoms with E-state index in [9.17, 15) is 58.8 Å². The summed E-state index contributed by atoms with van der Waals surface area (Å²) < 4.78 is 0. The molecule has 5 aromatic carbocycles. The first-order valence-corrected chi connectivity index (χ1v) is 23.0. The Hall–Kier alpha value is -7.28. The van der Waals surface area contributed by atoms with Gasteiger partial charge in [0.05, 0.1) is 22.3 Å². The molecule has 0 unspecified atom stereocenters. The van der Waals surface area contributed by atoms with E-state index in [0.717, 1.165) is 0 Å². The fourth-order valence-electron chi connectivity index (χ4n) is 9.30. The predicted molar refractivity (Wildman–Crippen MR) is 230 cm³/mol. The largest absolute Gasteiger partial charge is 0.478 e. The molecule has 4 aliphatic heterocycles. The van der Waals surface area contributed by atoms with Crippen molar-refractivity contribution >= 4 is 74.0 Å². The Labute approximate surface area is 366 Å². The molecular formula is C46H36N4O12P2. The molecule has 4 aliphatic rings. The van der Waals surface area contributed by atoms with Crippen LogP contribution in [0.4, 0.5) is 0 Å². The molecule has 0 spiro atoms. The maximum Gasteiger partial charge on any atom is 0.336 e. The van der Waals surface area contributed by atoms with Gasteiger partial charge in [0.15, 0.2) is 0 Å². The van der Waals surface area contributed by atoms with Crippen LogP contribution >= 0.6 is 15.8 Å². The van der Waals surface area contributed by atoms with E-state index >= 15 is 0 Å². The fourth-order valence-corrected chi connectivity index (χ4v) is 16.2. The Bertz CT molecular complexity index is 2500. The quantitative estimate of drug-likeness (QED) is 0.114. The molecular weight excluding hydrogens is 862 g/mol. The number of nitrogens with zero attached hydrogens (tertiary/aromatic N) is 4. The summed E-state index contributed by atoms with van der Waals surface area (Å²) in [5, 5.41) is 48.1. The summed E-state index contributed by atoms with van der Waals surface area (Å²) in [5.74, 6) is -11.7. The maximum atomic E-state index is 14.2. The number of hydrazine groups is 2. The second kappa shape index (κ2) is 16.4. The topological polar surface area (TPSA) is 230 Å². The summed E-state index contributed by atoms with van der Waals surface area (Å²) in [6.45, 7) is 0. The lowest BCUT2D eigenvalue weighted by molar-refractivity contribution is -0.171. The number of amides is 4. The van der Waals surface area contributed by atoms with Crippen molar-refractivity contribution in [1.82, 2.24) is 20.0 Å². The highest BCUT2D eigenvalue weighted by atomic mass is 31.1. The lowest BCUT2D eigenvalue weighted by atomic mass is 10.1. The standard InChI is InChI=1S/C46H36N4O12P2/c51-35-20-21-36(52)48-40(28-13-2-6-17-32(28)44(57)58)63(39(47(35)48)27-12-1-5-16-31(27)43(55)56)25-10-9-11-26(24-25)64-41(29-14-3-7-18-33(29)45(59)60)49-37(53)22-23-38(54)50(49)42(64)30-15-4-8-19-34(30)46(61)62/h1-19,24,39-42H,20-23H2,(H,55,56)(H,57,58)(H,59,60)(H,61,62)/t39-,40-,41-,42-/m1/s1. The van der Waals surface area contributed by atoms with Gasteiger partial charge in [0.25, 0.3) is 0 Å². The normalized spacial score (nSPS) is 21.2. The SMILES string of the molecule is O=C(O)c1ccccc1[C@@H]1N2C(=O)CCC(=O)N2[C@@H](c2ccccc2C(=O)O)P1c1cccc(P2[C@H](c3ccccc3C(=O)O)N3C(=O)CCC(=O)N3[C@H]2c2ccccc2C(=O)O)c1. The monoisotopic (exact) mass is 898 g/mol. The molecule has 0 saturated carbocycles. The zero-order valence-electron chi connectivity index (χ0n) is 33.4. The van der Waals surface area contributed by atoms with Crippen molar-refractivity contribution in [2.24, 2.45) is 0 Å². The van der Waals surface area contributed by atoms with Gasteiger partial charge in [-0.3, -0.25) is 19.2 Å². The number of carboxylic acids is 4. The minimum atomic E-state index is -2.10. The Morgan fingerprint density at radius 1 is 0.375 bits per heavy atom. The van der Waals surface area contributed by atoms with E-state index in [1.54, 1.807) is 72.8 Å². The summed E-state index contributed by atoms with van der Waals surface area (Å²) in [6, 6.07) is 31.3. The zero-order valence-corrected chi connectivity index (χ0v) is 35.2. The fraction of sp³-hybridized carbons (Fsp3) is 0.174. The number of hydrogen-bond acceptors (Lipinski definition) is 8. The molecule has 16 nitrogen and oxygen atoms in total. The van der Waals surface area contributed by atoms with Crippen LogP contribution in [0.2, 0.25) is 0 Å². The van der Waals surface area contributed by atoms with E-state index in [0.29, 0.717) is 10.6 Å². The Kier molecular flexibility index (Phi) is 10.8. The van der Waals surface area contributed by atoms with Crippen LogP contribution in [-0.4, -0.2) is 88.0 Å². The van der Waals surface area contributed by atoms with E-state index in [4.69, 9.17) is 0 Å². The number of fused-ring (bicyclic) bond motifs is 2. The van der Waals surface area contributed by atoms with Gasteiger partial charge >= 0.3 is 23.9 Å². The summed E-state index contributed by atoms with van der Waals surface area (Å²) in [7, 11) is -4.19. The van der Waals surface area contributed by atoms with Crippen LogP contribution in [-0.2, 0) is 19.2 Å². The van der Waals surface area contributed by atoms with Crippen molar-refractivity contribution in [2.75, 3.05) is 0 Å². The molecule has 0 aliphatic carbocycles. The van der Waals surface area contributed by atoms with Crippen molar-refractivity contribution in [3.8, 4) is 0 Å². The van der Waals surface area contributed by atoms with Crippen LogP contribution in [0.15, 0.2) is 121 Å². The van der Waals surface area contributed by atoms with Crippen LogP contribution in [0.25, 0.3) is 0 Å². The van der Waals surface area contributed by atoms with E-state index in [1.165, 1.54) is 68.6 Å². The predicted octanol–water partition coefficient (Wildman–Crippen LogP) is 6.25. The first-order chi connectivity index (χ1) is 30.8. The van der Waals surface area contributed by atoms with Crippen LogP contribution in [0.5, 0.6) is 0 Å². The zero-order chi connectivity index (χ0) is 45.1. The molecule has 0 bridgehead atoms. The smallest absolute Gasteiger partial charge is 0.336 e. The first kappa shape index (κ1) is 42.0. The van der Waals surface area contributed by atoms with Crippen molar-refractivity contribution < 1.29 is 58.8 Å². The van der Waals surface area contributed by atoms with Gasteiger partial charge in [0.2, 0.25) is 23.6 Å². The second-order valence-electron chi connectivity index (χ2n) is 15.4. The van der Waals surface area contributed by atoms with Crippen molar-refractivity contribution in [3.63, 3.8) is 0 Å². The highest BCUT2D eigenvalue weighted by Crippen LogP contribution is 2.73. The summed E-state index contributed by atoms with van der Waals surface area (Å²) >= 11 is 0. The van der Waals surface area contributed by atoms with E-state index in [2.05, 4.69) is 0 Å². The van der Waals surface area contributed by atoms with E-state index < -0.39 is 86.5 Å². The van der Waals surface area contributed by atoms with Gasteiger partial charge in [-0.05, 0) is 79.0 Å². The highest BCUT2D eigenvalue weighted by molar-refractivity contribution is 7.68. The number of rotatable bonds is 10. The van der Waals surface area contributed by atoms with E-state index in [1.807, 2.05) is 0 Å². The molecule has 64 heavy (non-hydrogen) atoms. The van der Waals surface area contributed by atoms with Crippen LogP contribution < -0.4 is 10.6 Å². The molecule has 4 saturated heterocycles. The van der Waals surface area contributed by atoms with Crippen molar-refractivity contribution in [3.05, 3.63) is 166 Å². The van der Waals surface area contributed by atoms with Gasteiger partial charge in [-0.15, -0.1) is 0 Å². The van der Waals surface area contributed by atoms with Gasteiger partial charge in [0, 0.05) is 25.7 Å². The van der Waals surface area contributed by atoms with Gasteiger partial charge in [-0.25, -0.2) is 39.2 Å². The van der Waals surface area contributed by atoms with Gasteiger partial charge in [0.1, 0.15) is 23.1 Å². The highest BCUT2D eigenvalue weighted by Gasteiger charge is 2.58. The molecule has 9 rings (SSSR count). The summed E-state index contributed by atoms with van der Waals surface area (Å²) in [5.41, 5.74) is 0.200. The molecule has 4 fully saturated rings. The van der Waals surface area contributed by atoms with Gasteiger partial charge in [-0.2, -0.15) is 0 Å². The average Bonchev–Trinajstić information content (AvgIpc) is 3.85. The Morgan fingerprint density at radius 3 is 0.844 bits per heavy atom. The number of carboxylic acid groups (broad SMARTS) is 4. The third-order valence-electron chi connectivity index (χ3n) is 11.9. The van der Waals surface area contributed by atoms with Crippen molar-refractivity contribution in [1.29, 1.82) is 0 Å². The van der Waals surface area contributed by atoms with Crippen LogP contribution in [0, 0.1) is 0 Å². The van der Waals surface area contributed by atoms with Crippen LogP contribution in [0.1, 0.15) is 113 Å².